The first-order chi connectivity index (χ1) is 9.39. The average Bonchev–Trinajstić information content (AvgIpc) is 2.81. The summed E-state index contributed by atoms with van der Waals surface area (Å²) >= 11 is 5.15. The highest BCUT2D eigenvalue weighted by atomic mass is 32.1. The summed E-state index contributed by atoms with van der Waals surface area (Å²) in [6, 6.07) is 5.95. The van der Waals surface area contributed by atoms with Crippen molar-refractivity contribution in [2.75, 3.05) is 25.0 Å². The van der Waals surface area contributed by atoms with E-state index in [1.807, 2.05) is 32.0 Å². The van der Waals surface area contributed by atoms with E-state index >= 15 is 0 Å². The molecule has 1 atom stereocenters. The Morgan fingerprint density at radius 3 is 2.80 bits per heavy atom. The van der Waals surface area contributed by atoms with E-state index in [0.717, 1.165) is 29.8 Å². The zero-order chi connectivity index (χ0) is 14.9. The lowest BCUT2D eigenvalue weighted by Crippen LogP contribution is -2.39. The topological polar surface area (TPSA) is 58.4 Å². The normalized spacial score (nSPS) is 21.9. The lowest BCUT2D eigenvalue weighted by molar-refractivity contribution is -0.128. The Labute approximate surface area is 125 Å². The fourth-order valence-corrected chi connectivity index (χ4v) is 3.08. The van der Waals surface area contributed by atoms with Gasteiger partial charge in [0.1, 0.15) is 4.99 Å². The van der Waals surface area contributed by atoms with E-state index in [9.17, 15) is 4.79 Å². The van der Waals surface area contributed by atoms with Crippen LogP contribution in [0.15, 0.2) is 18.2 Å². The Hall–Kier alpha value is -1.62. The molecular formula is C15H21N3OS. The minimum absolute atomic E-state index is 0.0884. The molecule has 1 aliphatic rings. The van der Waals surface area contributed by atoms with Crippen molar-refractivity contribution >= 4 is 28.8 Å². The number of benzene rings is 1. The summed E-state index contributed by atoms with van der Waals surface area (Å²) in [5, 5.41) is 2.76. The number of rotatable bonds is 3. The molecular weight excluding hydrogens is 270 g/mol. The third-order valence-corrected chi connectivity index (χ3v) is 4.29. The number of carbonyl (C=O) groups is 1. The molecule has 1 heterocycles. The molecule has 108 valence electrons. The molecule has 0 aromatic heterocycles. The summed E-state index contributed by atoms with van der Waals surface area (Å²) in [6.45, 7) is 5.58. The number of anilines is 1. The molecule has 1 fully saturated rings. The summed E-state index contributed by atoms with van der Waals surface area (Å²) in [4.78, 5) is 14.6. The monoisotopic (exact) mass is 291 g/mol. The predicted octanol–water partition coefficient (Wildman–Crippen LogP) is 1.59. The summed E-state index contributed by atoms with van der Waals surface area (Å²) in [6.07, 6.45) is 0.831. The number of hydrogen-bond acceptors (Lipinski definition) is 3. The van der Waals surface area contributed by atoms with Crippen LogP contribution in [0.5, 0.6) is 0 Å². The minimum atomic E-state index is -0.357. The maximum atomic E-state index is 12.0. The third-order valence-electron chi connectivity index (χ3n) is 4.07. The van der Waals surface area contributed by atoms with Crippen molar-refractivity contribution in [1.29, 1.82) is 0 Å². The molecule has 0 radical (unpaired) electrons. The molecule has 1 amide bonds. The van der Waals surface area contributed by atoms with Gasteiger partial charge in [-0.25, -0.2) is 0 Å². The number of amides is 1. The number of para-hydroxylation sites is 1. The van der Waals surface area contributed by atoms with E-state index < -0.39 is 0 Å². The fourth-order valence-electron chi connectivity index (χ4n) is 2.92. The lowest BCUT2D eigenvalue weighted by atomic mass is 9.89. The van der Waals surface area contributed by atoms with Crippen LogP contribution in [0.4, 0.5) is 5.69 Å². The first kappa shape index (κ1) is 14.8. The van der Waals surface area contributed by atoms with Crippen molar-refractivity contribution in [3.8, 4) is 0 Å². The van der Waals surface area contributed by atoms with Gasteiger partial charge >= 0.3 is 0 Å². The number of aryl methyl sites for hydroxylation is 1. The summed E-state index contributed by atoms with van der Waals surface area (Å²) in [5.74, 6) is 0.0884. The molecule has 2 rings (SSSR count). The van der Waals surface area contributed by atoms with E-state index in [4.69, 9.17) is 18.0 Å². The van der Waals surface area contributed by atoms with Crippen molar-refractivity contribution in [3.05, 3.63) is 29.3 Å². The highest BCUT2D eigenvalue weighted by Gasteiger charge is 2.40. The molecule has 20 heavy (non-hydrogen) atoms. The van der Waals surface area contributed by atoms with E-state index in [-0.39, 0.29) is 11.3 Å². The fraction of sp³-hybridized carbons (Fsp3) is 0.467. The zero-order valence-corrected chi connectivity index (χ0v) is 13.0. The molecule has 0 bridgehead atoms. The molecule has 0 saturated carbocycles. The molecule has 4 nitrogen and oxygen atoms in total. The van der Waals surface area contributed by atoms with Gasteiger partial charge in [0.25, 0.3) is 0 Å². The van der Waals surface area contributed by atoms with Gasteiger partial charge in [-0.2, -0.15) is 0 Å². The average molecular weight is 291 g/mol. The minimum Gasteiger partial charge on any atom is -0.389 e. The van der Waals surface area contributed by atoms with Crippen molar-refractivity contribution in [2.24, 2.45) is 11.1 Å². The van der Waals surface area contributed by atoms with Gasteiger partial charge in [0.2, 0.25) is 5.91 Å². The highest BCUT2D eigenvalue weighted by molar-refractivity contribution is 7.80. The second kappa shape index (κ2) is 5.40. The molecule has 5 heteroatoms. The number of hydrogen-bond donors (Lipinski definition) is 2. The lowest BCUT2D eigenvalue weighted by Gasteiger charge is -2.26. The van der Waals surface area contributed by atoms with Gasteiger partial charge in [-0.1, -0.05) is 24.4 Å². The standard InChI is InChI=1S/C15H21N3OS/c1-10-5-4-6-11(13(16)20)12(10)18-8-7-15(2,9-18)14(19)17-3/h4-6H,7-9H2,1-3H3,(H2,16,20)(H,17,19). The van der Waals surface area contributed by atoms with Crippen molar-refractivity contribution in [1.82, 2.24) is 5.32 Å². The summed E-state index contributed by atoms with van der Waals surface area (Å²) in [7, 11) is 1.68. The van der Waals surface area contributed by atoms with Crippen LogP contribution < -0.4 is 16.0 Å². The Morgan fingerprint density at radius 2 is 2.20 bits per heavy atom. The van der Waals surface area contributed by atoms with Gasteiger partial charge in [0.15, 0.2) is 0 Å². The van der Waals surface area contributed by atoms with Crippen LogP contribution in [0.2, 0.25) is 0 Å². The Bertz CT molecular complexity index is 558. The molecule has 3 N–H and O–H groups in total. The third kappa shape index (κ3) is 2.50. The smallest absolute Gasteiger partial charge is 0.227 e. The van der Waals surface area contributed by atoms with Crippen LogP contribution >= 0.6 is 12.2 Å². The number of carbonyl (C=O) groups excluding carboxylic acids is 1. The Balaban J connectivity index is 2.36. The first-order valence-electron chi connectivity index (χ1n) is 6.75. The van der Waals surface area contributed by atoms with Crippen molar-refractivity contribution in [3.63, 3.8) is 0 Å². The molecule has 1 aliphatic heterocycles. The Morgan fingerprint density at radius 1 is 1.50 bits per heavy atom. The predicted molar refractivity (Wildman–Crippen MR) is 86.1 cm³/mol. The molecule has 0 aliphatic carbocycles. The highest BCUT2D eigenvalue weighted by Crippen LogP contribution is 2.36. The van der Waals surface area contributed by atoms with Crippen molar-refractivity contribution < 1.29 is 4.79 Å². The van der Waals surface area contributed by atoms with E-state index in [2.05, 4.69) is 10.2 Å². The van der Waals surface area contributed by atoms with Crippen LogP contribution in [-0.4, -0.2) is 31.0 Å². The largest absolute Gasteiger partial charge is 0.389 e. The first-order valence-corrected chi connectivity index (χ1v) is 7.16. The summed E-state index contributed by atoms with van der Waals surface area (Å²) < 4.78 is 0. The molecule has 1 aromatic rings. The van der Waals surface area contributed by atoms with Crippen LogP contribution in [0.1, 0.15) is 24.5 Å². The van der Waals surface area contributed by atoms with Crippen LogP contribution in [0, 0.1) is 12.3 Å². The van der Waals surface area contributed by atoms with Crippen LogP contribution in [-0.2, 0) is 4.79 Å². The van der Waals surface area contributed by atoms with E-state index in [1.165, 1.54) is 0 Å². The van der Waals surface area contributed by atoms with Gasteiger partial charge < -0.3 is 16.0 Å². The van der Waals surface area contributed by atoms with Gasteiger partial charge in [-0.05, 0) is 31.9 Å². The SMILES string of the molecule is CNC(=O)C1(C)CCN(c2c(C)cccc2C(N)=S)C1. The van der Waals surface area contributed by atoms with E-state index in [1.54, 1.807) is 7.05 Å². The van der Waals surface area contributed by atoms with Gasteiger partial charge in [0, 0.05) is 31.4 Å². The van der Waals surface area contributed by atoms with Crippen molar-refractivity contribution in [2.45, 2.75) is 20.3 Å². The van der Waals surface area contributed by atoms with E-state index in [0.29, 0.717) is 11.5 Å². The maximum Gasteiger partial charge on any atom is 0.227 e. The molecule has 1 saturated heterocycles. The maximum absolute atomic E-state index is 12.0. The van der Waals surface area contributed by atoms with Crippen LogP contribution in [0.3, 0.4) is 0 Å². The van der Waals surface area contributed by atoms with Gasteiger partial charge in [-0.3, -0.25) is 4.79 Å². The number of nitrogens with zero attached hydrogens (tertiary/aromatic N) is 1. The molecule has 1 unspecified atom stereocenters. The molecule has 1 aromatic carbocycles. The zero-order valence-electron chi connectivity index (χ0n) is 12.2. The van der Waals surface area contributed by atoms with Gasteiger partial charge in [0.05, 0.1) is 5.41 Å². The molecule has 0 spiro atoms. The number of nitrogens with one attached hydrogen (secondary N) is 1. The number of nitrogens with two attached hydrogens (primary N) is 1. The second-order valence-corrected chi connectivity index (χ2v) is 6.09. The second-order valence-electron chi connectivity index (χ2n) is 5.65. The van der Waals surface area contributed by atoms with Gasteiger partial charge in [-0.15, -0.1) is 0 Å². The number of thiocarbonyl (C=S) groups is 1. The Kier molecular flexibility index (Phi) is 3.99. The van der Waals surface area contributed by atoms with Crippen LogP contribution in [0.25, 0.3) is 0 Å². The summed E-state index contributed by atoms with van der Waals surface area (Å²) in [5.41, 5.74) is 8.56. The quantitative estimate of drug-likeness (QED) is 0.830.